The Hall–Kier alpha value is -4.10. The van der Waals surface area contributed by atoms with E-state index >= 15 is 0 Å². The number of hydrogen-bond donors (Lipinski definition) is 3. The van der Waals surface area contributed by atoms with Gasteiger partial charge in [0, 0.05) is 44.9 Å². The molecule has 10 heteroatoms. The number of carbonyl (C=O) groups excluding carboxylic acids is 2. The highest BCUT2D eigenvalue weighted by molar-refractivity contribution is 5.92. The topological polar surface area (TPSA) is 112 Å². The van der Waals surface area contributed by atoms with Crippen molar-refractivity contribution < 1.29 is 14.3 Å². The van der Waals surface area contributed by atoms with Crippen LogP contribution in [0.1, 0.15) is 38.7 Å². The number of hydrogen-bond acceptors (Lipinski definition) is 8. The van der Waals surface area contributed by atoms with Gasteiger partial charge in [-0.2, -0.15) is 4.98 Å². The van der Waals surface area contributed by atoms with Crippen LogP contribution in [0, 0.1) is 11.8 Å². The van der Waals surface area contributed by atoms with Gasteiger partial charge in [0.05, 0.1) is 18.9 Å². The highest BCUT2D eigenvalue weighted by Crippen LogP contribution is 2.21. The second-order valence-corrected chi connectivity index (χ2v) is 9.22. The minimum Gasteiger partial charge on any atom is -0.497 e. The molecule has 0 saturated carbocycles. The van der Waals surface area contributed by atoms with Crippen molar-refractivity contribution >= 4 is 29.3 Å². The van der Waals surface area contributed by atoms with E-state index in [9.17, 15) is 9.59 Å². The lowest BCUT2D eigenvalue weighted by Gasteiger charge is -2.23. The van der Waals surface area contributed by atoms with Crippen LogP contribution in [0.3, 0.4) is 0 Å². The van der Waals surface area contributed by atoms with Gasteiger partial charge in [0.1, 0.15) is 11.8 Å². The molecule has 39 heavy (non-hydrogen) atoms. The summed E-state index contributed by atoms with van der Waals surface area (Å²) in [6.45, 7) is 5.68. The highest BCUT2D eigenvalue weighted by Gasteiger charge is 2.20. The maximum Gasteiger partial charge on any atom is 0.246 e. The van der Waals surface area contributed by atoms with Gasteiger partial charge in [-0.15, -0.1) is 0 Å². The summed E-state index contributed by atoms with van der Waals surface area (Å²) in [5.41, 5.74) is 1.53. The van der Waals surface area contributed by atoms with Crippen molar-refractivity contribution in [1.82, 2.24) is 25.1 Å². The van der Waals surface area contributed by atoms with Crippen molar-refractivity contribution in [3.63, 3.8) is 0 Å². The van der Waals surface area contributed by atoms with E-state index in [1.165, 1.54) is 11.0 Å². The third-order valence-electron chi connectivity index (χ3n) is 5.71. The highest BCUT2D eigenvalue weighted by atomic mass is 16.5. The van der Waals surface area contributed by atoms with Crippen LogP contribution in [0.2, 0.25) is 0 Å². The van der Waals surface area contributed by atoms with Gasteiger partial charge in [-0.1, -0.05) is 24.8 Å². The van der Waals surface area contributed by atoms with E-state index in [1.54, 1.807) is 33.4 Å². The molecule has 0 unspecified atom stereocenters. The molecule has 0 aliphatic carbocycles. The quantitative estimate of drug-likeness (QED) is 0.192. The summed E-state index contributed by atoms with van der Waals surface area (Å²) in [5.74, 6) is 7.79. The molecule has 1 heterocycles. The average molecular weight is 536 g/mol. The van der Waals surface area contributed by atoms with Crippen molar-refractivity contribution in [2.75, 3.05) is 58.5 Å². The molecule has 3 N–H and O–H groups in total. The summed E-state index contributed by atoms with van der Waals surface area (Å²) in [5, 5.41) is 9.39. The molecular formula is C29H41N7O3. The number of anilines is 3. The molecule has 1 aromatic heterocycles. The van der Waals surface area contributed by atoms with E-state index in [0.717, 1.165) is 24.4 Å². The Kier molecular flexibility index (Phi) is 13.3. The fourth-order valence-electron chi connectivity index (χ4n) is 3.24. The number of methoxy groups -OCH3 is 1. The molecule has 0 radical (unpaired) electrons. The van der Waals surface area contributed by atoms with E-state index in [-0.39, 0.29) is 11.8 Å². The van der Waals surface area contributed by atoms with E-state index in [0.29, 0.717) is 43.3 Å². The fraction of sp³-hybridized carbons (Fsp3) is 0.448. The third-order valence-corrected chi connectivity index (χ3v) is 5.71. The number of likely N-dealkylation sites (N-methyl/N-ethyl adjacent to an activating group) is 2. The monoisotopic (exact) mass is 535 g/mol. The van der Waals surface area contributed by atoms with Crippen LogP contribution in [0.15, 0.2) is 42.6 Å². The molecule has 10 nitrogen and oxygen atoms in total. The normalized spacial score (nSPS) is 11.5. The molecule has 2 aromatic rings. The molecule has 1 aromatic carbocycles. The van der Waals surface area contributed by atoms with E-state index in [4.69, 9.17) is 4.74 Å². The lowest BCUT2D eigenvalue weighted by molar-refractivity contribution is -0.135. The van der Waals surface area contributed by atoms with Gasteiger partial charge in [-0.05, 0) is 58.1 Å². The number of nitrogens with zero attached hydrogens (tertiary/aromatic N) is 4. The van der Waals surface area contributed by atoms with Gasteiger partial charge in [-0.3, -0.25) is 9.59 Å². The molecule has 0 bridgehead atoms. The Morgan fingerprint density at radius 1 is 1.15 bits per heavy atom. The number of ether oxygens (including phenoxy) is 1. The minimum absolute atomic E-state index is 0.200. The Balaban J connectivity index is 1.92. The maximum atomic E-state index is 12.5. The van der Waals surface area contributed by atoms with E-state index in [1.807, 2.05) is 43.3 Å². The number of benzene rings is 1. The van der Waals surface area contributed by atoms with Crippen molar-refractivity contribution in [3.8, 4) is 17.6 Å². The molecule has 0 aliphatic heterocycles. The van der Waals surface area contributed by atoms with Crippen LogP contribution < -0.4 is 20.7 Å². The van der Waals surface area contributed by atoms with Gasteiger partial charge in [0.15, 0.2) is 5.82 Å². The standard InChI is InChI=1S/C29H41N7O3/c1-7-18-31-29-32-21-23(27(34-29)33-24-14-16-25(39-6)17-15-24)12-9-8-10-19-30-28(38)22(2)36(5)26(37)13-11-20-35(3)4/h11,13-17,21-22H,7-8,10,18-20H2,1-6H3,(H,30,38)(H2,31,32,33,34)/t22-/m0/s1. The van der Waals surface area contributed by atoms with Crippen molar-refractivity contribution in [2.24, 2.45) is 0 Å². The van der Waals surface area contributed by atoms with Crippen LogP contribution in [0.5, 0.6) is 5.75 Å². The van der Waals surface area contributed by atoms with Crippen molar-refractivity contribution in [2.45, 2.75) is 39.2 Å². The van der Waals surface area contributed by atoms with Gasteiger partial charge in [-0.25, -0.2) is 4.98 Å². The number of carbonyl (C=O) groups is 2. The predicted molar refractivity (Wildman–Crippen MR) is 156 cm³/mol. The van der Waals surface area contributed by atoms with Crippen LogP contribution in [0.4, 0.5) is 17.5 Å². The Labute approximate surface area is 232 Å². The Morgan fingerprint density at radius 3 is 2.56 bits per heavy atom. The number of unbranched alkanes of at least 4 members (excludes halogenated alkanes) is 1. The number of amides is 2. The fourth-order valence-corrected chi connectivity index (χ4v) is 3.24. The zero-order valence-corrected chi connectivity index (χ0v) is 23.9. The summed E-state index contributed by atoms with van der Waals surface area (Å²) in [7, 11) is 7.10. The summed E-state index contributed by atoms with van der Waals surface area (Å²) in [6.07, 6.45) is 7.18. The summed E-state index contributed by atoms with van der Waals surface area (Å²) in [6, 6.07) is 6.99. The molecule has 0 spiro atoms. The smallest absolute Gasteiger partial charge is 0.246 e. The van der Waals surface area contributed by atoms with Gasteiger partial charge in [0.25, 0.3) is 0 Å². The second kappa shape index (κ2) is 16.7. The Morgan fingerprint density at radius 2 is 1.90 bits per heavy atom. The Bertz CT molecular complexity index is 1150. The van der Waals surface area contributed by atoms with Crippen molar-refractivity contribution in [3.05, 3.63) is 48.2 Å². The molecule has 0 fully saturated rings. The summed E-state index contributed by atoms with van der Waals surface area (Å²) < 4.78 is 5.23. The van der Waals surface area contributed by atoms with Gasteiger partial charge < -0.3 is 30.5 Å². The third kappa shape index (κ3) is 11.0. The molecule has 0 saturated heterocycles. The first kappa shape index (κ1) is 31.1. The summed E-state index contributed by atoms with van der Waals surface area (Å²) >= 11 is 0. The van der Waals surface area contributed by atoms with Crippen LogP contribution in [-0.4, -0.2) is 85.5 Å². The van der Waals surface area contributed by atoms with Crippen LogP contribution in [0.25, 0.3) is 0 Å². The zero-order valence-electron chi connectivity index (χ0n) is 23.9. The van der Waals surface area contributed by atoms with Gasteiger partial charge >= 0.3 is 0 Å². The van der Waals surface area contributed by atoms with E-state index < -0.39 is 6.04 Å². The largest absolute Gasteiger partial charge is 0.497 e. The first-order chi connectivity index (χ1) is 18.7. The molecule has 2 rings (SSSR count). The van der Waals surface area contributed by atoms with Crippen molar-refractivity contribution in [1.29, 1.82) is 0 Å². The number of rotatable bonds is 14. The van der Waals surface area contributed by atoms with Crippen LogP contribution >= 0.6 is 0 Å². The minimum atomic E-state index is -0.573. The second-order valence-electron chi connectivity index (χ2n) is 9.22. The maximum absolute atomic E-state index is 12.5. The number of aromatic nitrogens is 2. The van der Waals surface area contributed by atoms with E-state index in [2.05, 4.69) is 44.7 Å². The first-order valence-electron chi connectivity index (χ1n) is 13.1. The number of nitrogens with one attached hydrogen (secondary N) is 3. The zero-order chi connectivity index (χ0) is 28.6. The van der Waals surface area contributed by atoms with Gasteiger partial charge in [0.2, 0.25) is 17.8 Å². The first-order valence-corrected chi connectivity index (χ1v) is 13.1. The molecule has 0 aliphatic rings. The lowest BCUT2D eigenvalue weighted by atomic mass is 10.2. The molecule has 210 valence electrons. The van der Waals surface area contributed by atoms with Crippen LogP contribution in [-0.2, 0) is 9.59 Å². The average Bonchev–Trinajstić information content (AvgIpc) is 2.93. The molecule has 2 amide bonds. The lowest BCUT2D eigenvalue weighted by Crippen LogP contribution is -2.45. The SMILES string of the molecule is CCCNc1ncc(C#CCCCNC(=O)[C@H](C)N(C)C(=O)C=CCN(C)C)c(Nc2ccc(OC)cc2)n1. The molecular weight excluding hydrogens is 494 g/mol. The summed E-state index contributed by atoms with van der Waals surface area (Å²) in [4.78, 5) is 37.1. The predicted octanol–water partition coefficient (Wildman–Crippen LogP) is 3.26. The molecule has 1 atom stereocenters.